The van der Waals surface area contributed by atoms with Crippen molar-refractivity contribution in [3.63, 3.8) is 0 Å². The highest BCUT2D eigenvalue weighted by Gasteiger charge is 2.51. The van der Waals surface area contributed by atoms with Gasteiger partial charge in [0.15, 0.2) is 5.54 Å². The van der Waals surface area contributed by atoms with Crippen molar-refractivity contribution in [2.75, 3.05) is 13.2 Å². The fraction of sp³-hybridized carbons (Fsp3) is 0.467. The second-order valence-corrected chi connectivity index (χ2v) is 4.63. The number of alkyl halides is 3. The predicted molar refractivity (Wildman–Crippen MR) is 75.6 cm³/mol. The molecule has 8 heteroatoms. The first-order valence-electron chi connectivity index (χ1n) is 6.99. The first kappa shape index (κ1) is 18.8. The Kier molecular flexibility index (Phi) is 6.41. The summed E-state index contributed by atoms with van der Waals surface area (Å²) < 4.78 is 48.6. The molecule has 1 unspecified atom stereocenters. The van der Waals surface area contributed by atoms with E-state index >= 15 is 0 Å². The Labute approximate surface area is 131 Å². The molecule has 0 saturated heterocycles. The minimum atomic E-state index is -4.72. The summed E-state index contributed by atoms with van der Waals surface area (Å²) in [6.45, 7) is 2.78. The minimum absolute atomic E-state index is 0.0381. The van der Waals surface area contributed by atoms with Gasteiger partial charge in [-0.25, -0.2) is 9.59 Å². The third-order valence-electron chi connectivity index (χ3n) is 2.95. The molecule has 1 aromatic rings. The van der Waals surface area contributed by atoms with Gasteiger partial charge in [-0.3, -0.25) is 0 Å². The second kappa shape index (κ2) is 7.85. The number of hydrogen-bond donors (Lipinski definition) is 1. The molecule has 0 aromatic heterocycles. The number of ether oxygens (including phenoxy) is 2. The summed E-state index contributed by atoms with van der Waals surface area (Å²) in [5.41, 5.74) is -2.44. The molecule has 0 aliphatic heterocycles. The molecule has 0 heterocycles. The zero-order valence-corrected chi connectivity index (χ0v) is 12.8. The van der Waals surface area contributed by atoms with Gasteiger partial charge in [-0.05, 0) is 19.4 Å². The van der Waals surface area contributed by atoms with E-state index in [9.17, 15) is 22.8 Å². The van der Waals surface area contributed by atoms with Gasteiger partial charge in [-0.2, -0.15) is 13.2 Å². The summed E-state index contributed by atoms with van der Waals surface area (Å²) in [5.74, 6) is -1.20. The number of benzene rings is 1. The van der Waals surface area contributed by atoms with Crippen LogP contribution in [-0.2, 0) is 19.8 Å². The number of alkyl carbamates (subject to hydrolysis) is 1. The van der Waals surface area contributed by atoms with E-state index in [2.05, 4.69) is 4.74 Å². The lowest BCUT2D eigenvalue weighted by Crippen LogP contribution is -2.55. The highest BCUT2D eigenvalue weighted by atomic mass is 19.4. The van der Waals surface area contributed by atoms with Crippen LogP contribution in [0.4, 0.5) is 18.0 Å². The molecule has 1 N–H and O–H groups in total. The largest absolute Gasteiger partial charge is 0.464 e. The predicted octanol–water partition coefficient (Wildman–Crippen LogP) is 3.14. The number of hydrogen-bond acceptors (Lipinski definition) is 4. The molecule has 23 heavy (non-hydrogen) atoms. The summed E-state index contributed by atoms with van der Waals surface area (Å²) >= 11 is 0. The number of nitrogens with one attached hydrogen (secondary N) is 1. The molecule has 0 radical (unpaired) electrons. The van der Waals surface area contributed by atoms with Crippen molar-refractivity contribution in [2.45, 2.75) is 32.0 Å². The van der Waals surface area contributed by atoms with Crippen LogP contribution in [0.15, 0.2) is 30.3 Å². The topological polar surface area (TPSA) is 64.6 Å². The molecule has 0 aliphatic carbocycles. The van der Waals surface area contributed by atoms with Crippen LogP contribution in [0.1, 0.15) is 25.8 Å². The van der Waals surface area contributed by atoms with E-state index in [1.807, 2.05) is 5.32 Å². The van der Waals surface area contributed by atoms with Gasteiger partial charge in [0, 0.05) is 0 Å². The number of amides is 1. The van der Waals surface area contributed by atoms with Gasteiger partial charge in [0.1, 0.15) is 0 Å². The van der Waals surface area contributed by atoms with Crippen LogP contribution < -0.4 is 5.32 Å². The van der Waals surface area contributed by atoms with E-state index in [1.54, 1.807) is 6.07 Å². The molecular weight excluding hydrogens is 315 g/mol. The maximum absolute atomic E-state index is 13.1. The van der Waals surface area contributed by atoms with Crippen molar-refractivity contribution in [1.29, 1.82) is 0 Å². The van der Waals surface area contributed by atoms with Gasteiger partial charge in [-0.1, -0.05) is 30.3 Å². The van der Waals surface area contributed by atoms with Crippen molar-refractivity contribution in [1.82, 2.24) is 5.32 Å². The van der Waals surface area contributed by atoms with Gasteiger partial charge in [-0.15, -0.1) is 0 Å². The zero-order chi connectivity index (χ0) is 17.5. The molecule has 1 rings (SSSR count). The van der Waals surface area contributed by atoms with Crippen molar-refractivity contribution in [2.24, 2.45) is 0 Å². The quantitative estimate of drug-likeness (QED) is 0.812. The van der Waals surface area contributed by atoms with Crippen molar-refractivity contribution < 1.29 is 32.2 Å². The number of carbonyl (C=O) groups is 2. The van der Waals surface area contributed by atoms with E-state index in [-0.39, 0.29) is 18.8 Å². The molecular formula is C15H18F3NO4. The summed E-state index contributed by atoms with van der Waals surface area (Å²) in [7, 11) is 0. The third-order valence-corrected chi connectivity index (χ3v) is 2.95. The fourth-order valence-corrected chi connectivity index (χ4v) is 2.08. The molecule has 0 aliphatic rings. The lowest BCUT2D eigenvalue weighted by molar-refractivity contribution is -0.174. The SMILES string of the molecule is CCOC(=O)NC(CC(F)(F)F)(C(=O)OCC)c1ccccc1. The van der Waals surface area contributed by atoms with Gasteiger partial charge in [0.2, 0.25) is 0 Å². The first-order chi connectivity index (χ1) is 10.7. The summed E-state index contributed by atoms with van der Waals surface area (Å²) in [4.78, 5) is 24.0. The van der Waals surface area contributed by atoms with Crippen LogP contribution >= 0.6 is 0 Å². The lowest BCUT2D eigenvalue weighted by Gasteiger charge is -2.33. The third kappa shape index (κ3) is 5.15. The van der Waals surface area contributed by atoms with E-state index in [1.165, 1.54) is 38.1 Å². The Bertz CT molecular complexity index is 533. The van der Waals surface area contributed by atoms with Crippen molar-refractivity contribution in [3.05, 3.63) is 35.9 Å². The van der Waals surface area contributed by atoms with Gasteiger partial charge >= 0.3 is 18.2 Å². The Morgan fingerprint density at radius 1 is 1.04 bits per heavy atom. The van der Waals surface area contributed by atoms with Gasteiger partial charge in [0.25, 0.3) is 0 Å². The minimum Gasteiger partial charge on any atom is -0.464 e. The second-order valence-electron chi connectivity index (χ2n) is 4.63. The number of halogens is 3. The average molecular weight is 333 g/mol. The molecule has 0 spiro atoms. The Morgan fingerprint density at radius 2 is 1.61 bits per heavy atom. The standard InChI is InChI=1S/C15H18F3NO4/c1-3-22-12(20)14(10-15(16,17)18,19-13(21)23-4-2)11-8-6-5-7-9-11/h5-9H,3-4,10H2,1-2H3,(H,19,21). The number of rotatable bonds is 6. The number of esters is 1. The average Bonchev–Trinajstić information content (AvgIpc) is 2.46. The Morgan fingerprint density at radius 3 is 2.09 bits per heavy atom. The van der Waals surface area contributed by atoms with Crippen LogP contribution in [0, 0.1) is 0 Å². The van der Waals surface area contributed by atoms with E-state index < -0.39 is 30.2 Å². The van der Waals surface area contributed by atoms with Gasteiger partial charge < -0.3 is 14.8 Å². The summed E-state index contributed by atoms with van der Waals surface area (Å²) in [5, 5.41) is 2.03. The molecule has 1 amide bonds. The van der Waals surface area contributed by atoms with E-state index in [0.29, 0.717) is 0 Å². The van der Waals surface area contributed by atoms with Crippen LogP contribution in [0.2, 0.25) is 0 Å². The molecule has 0 saturated carbocycles. The lowest BCUT2D eigenvalue weighted by atomic mass is 9.86. The molecule has 128 valence electrons. The highest BCUT2D eigenvalue weighted by molar-refractivity contribution is 5.87. The van der Waals surface area contributed by atoms with Crippen molar-refractivity contribution in [3.8, 4) is 0 Å². The molecule has 0 bridgehead atoms. The van der Waals surface area contributed by atoms with Crippen LogP contribution in [0.3, 0.4) is 0 Å². The maximum Gasteiger partial charge on any atom is 0.408 e. The van der Waals surface area contributed by atoms with Crippen LogP contribution in [-0.4, -0.2) is 31.5 Å². The normalized spacial score (nSPS) is 13.8. The zero-order valence-electron chi connectivity index (χ0n) is 12.8. The number of carbonyl (C=O) groups excluding carboxylic acids is 2. The molecule has 0 fully saturated rings. The van der Waals surface area contributed by atoms with E-state index in [0.717, 1.165) is 0 Å². The Balaban J connectivity index is 3.38. The monoisotopic (exact) mass is 333 g/mol. The Hall–Kier alpha value is -2.25. The summed E-state index contributed by atoms with van der Waals surface area (Å²) in [6.07, 6.45) is -7.46. The fourth-order valence-electron chi connectivity index (χ4n) is 2.08. The van der Waals surface area contributed by atoms with Crippen LogP contribution in [0.5, 0.6) is 0 Å². The van der Waals surface area contributed by atoms with Gasteiger partial charge in [0.05, 0.1) is 19.6 Å². The highest BCUT2D eigenvalue weighted by Crippen LogP contribution is 2.36. The molecule has 1 atom stereocenters. The molecule has 5 nitrogen and oxygen atoms in total. The van der Waals surface area contributed by atoms with Crippen molar-refractivity contribution >= 4 is 12.1 Å². The van der Waals surface area contributed by atoms with Crippen LogP contribution in [0.25, 0.3) is 0 Å². The first-order valence-corrected chi connectivity index (χ1v) is 6.99. The summed E-state index contributed by atoms with van der Waals surface area (Å²) in [6, 6.07) is 7.14. The molecule has 1 aromatic carbocycles. The smallest absolute Gasteiger partial charge is 0.408 e. The maximum atomic E-state index is 13.1. The van der Waals surface area contributed by atoms with E-state index in [4.69, 9.17) is 4.74 Å².